The third-order valence-corrected chi connectivity index (χ3v) is 7.96. The van der Waals surface area contributed by atoms with Crippen LogP contribution < -0.4 is 0 Å². The highest BCUT2D eigenvalue weighted by atomic mass is 16.3. The van der Waals surface area contributed by atoms with Crippen molar-refractivity contribution in [3.8, 4) is 0 Å². The molecule has 0 fully saturated rings. The van der Waals surface area contributed by atoms with Crippen molar-refractivity contribution in [1.29, 1.82) is 0 Å². The SMILES string of the molecule is CCCCCCCCCCCCCCCCC(O)CCCCCCCCCCCCCCC(C)C. The Morgan fingerprint density at radius 1 is 0.343 bits per heavy atom. The van der Waals surface area contributed by atoms with Crippen molar-refractivity contribution in [2.24, 2.45) is 5.92 Å². The summed E-state index contributed by atoms with van der Waals surface area (Å²) >= 11 is 0. The van der Waals surface area contributed by atoms with Crippen molar-refractivity contribution in [2.75, 3.05) is 0 Å². The van der Waals surface area contributed by atoms with E-state index in [1.54, 1.807) is 0 Å². The van der Waals surface area contributed by atoms with Crippen LogP contribution in [-0.4, -0.2) is 11.2 Å². The highest BCUT2D eigenvalue weighted by molar-refractivity contribution is 4.58. The van der Waals surface area contributed by atoms with Crippen LogP contribution in [0.3, 0.4) is 0 Å². The Kier molecular flexibility index (Phi) is 30.2. The van der Waals surface area contributed by atoms with Gasteiger partial charge in [0.1, 0.15) is 0 Å². The summed E-state index contributed by atoms with van der Waals surface area (Å²) in [6.45, 7) is 6.97. The molecule has 1 N–H and O–H groups in total. The lowest BCUT2D eigenvalue weighted by atomic mass is 10.0. The molecule has 0 rings (SSSR count). The van der Waals surface area contributed by atoms with Gasteiger partial charge in [-0.3, -0.25) is 0 Å². The van der Waals surface area contributed by atoms with Crippen LogP contribution in [0.4, 0.5) is 0 Å². The Labute approximate surface area is 224 Å². The quantitative estimate of drug-likeness (QED) is 0.0984. The van der Waals surface area contributed by atoms with E-state index in [0.717, 1.165) is 18.8 Å². The summed E-state index contributed by atoms with van der Waals surface area (Å²) in [6, 6.07) is 0. The first-order chi connectivity index (χ1) is 17.2. The minimum Gasteiger partial charge on any atom is -0.393 e. The zero-order valence-electron chi connectivity index (χ0n) is 25.1. The Morgan fingerprint density at radius 3 is 0.829 bits per heavy atom. The fraction of sp³-hybridized carbons (Fsp3) is 1.00. The first-order valence-electron chi connectivity index (χ1n) is 16.8. The molecule has 212 valence electrons. The number of rotatable bonds is 30. The van der Waals surface area contributed by atoms with E-state index in [1.165, 1.54) is 173 Å². The summed E-state index contributed by atoms with van der Waals surface area (Å²) < 4.78 is 0. The lowest BCUT2D eigenvalue weighted by Gasteiger charge is -2.10. The average Bonchev–Trinajstić information content (AvgIpc) is 2.84. The molecule has 1 unspecified atom stereocenters. The molecule has 0 radical (unpaired) electrons. The predicted molar refractivity (Wildman–Crippen MR) is 160 cm³/mol. The van der Waals surface area contributed by atoms with Gasteiger partial charge in [-0.25, -0.2) is 0 Å². The van der Waals surface area contributed by atoms with Crippen LogP contribution in [0.25, 0.3) is 0 Å². The van der Waals surface area contributed by atoms with Crippen LogP contribution in [-0.2, 0) is 0 Å². The molecule has 0 aromatic heterocycles. The van der Waals surface area contributed by atoms with E-state index in [-0.39, 0.29) is 6.10 Å². The molecule has 0 heterocycles. The van der Waals surface area contributed by atoms with Crippen LogP contribution in [0.15, 0.2) is 0 Å². The van der Waals surface area contributed by atoms with E-state index < -0.39 is 0 Å². The molecule has 0 bridgehead atoms. The molecule has 0 saturated carbocycles. The standard InChI is InChI=1S/C34H70O/c1-4-5-6-7-8-9-10-11-12-16-19-22-25-28-31-34(35)32-29-26-23-20-17-14-13-15-18-21-24-27-30-33(2)3/h33-35H,4-32H2,1-3H3. The van der Waals surface area contributed by atoms with E-state index in [4.69, 9.17) is 0 Å². The second-order valence-corrected chi connectivity index (χ2v) is 12.3. The Balaban J connectivity index is 3.14. The van der Waals surface area contributed by atoms with E-state index in [2.05, 4.69) is 20.8 Å². The fourth-order valence-electron chi connectivity index (χ4n) is 5.42. The second kappa shape index (κ2) is 30.2. The number of hydrogen-bond acceptors (Lipinski definition) is 1. The molecular weight excluding hydrogens is 424 g/mol. The van der Waals surface area contributed by atoms with E-state index in [9.17, 15) is 5.11 Å². The van der Waals surface area contributed by atoms with Crippen LogP contribution >= 0.6 is 0 Å². The number of aliphatic hydroxyl groups excluding tert-OH is 1. The maximum atomic E-state index is 10.2. The van der Waals surface area contributed by atoms with Gasteiger partial charge in [0.25, 0.3) is 0 Å². The predicted octanol–water partition coefficient (Wildman–Crippen LogP) is 12.3. The summed E-state index contributed by atoms with van der Waals surface area (Å²) in [6.07, 6.45) is 40.1. The number of unbranched alkanes of at least 4 members (excludes halogenated alkanes) is 24. The fourth-order valence-corrected chi connectivity index (χ4v) is 5.42. The van der Waals surface area contributed by atoms with Gasteiger partial charge in [-0.05, 0) is 18.8 Å². The van der Waals surface area contributed by atoms with Gasteiger partial charge >= 0.3 is 0 Å². The summed E-state index contributed by atoms with van der Waals surface area (Å²) in [7, 11) is 0. The van der Waals surface area contributed by atoms with Gasteiger partial charge in [-0.2, -0.15) is 0 Å². The molecule has 1 nitrogen and oxygen atoms in total. The molecule has 0 aliphatic heterocycles. The largest absolute Gasteiger partial charge is 0.393 e. The molecule has 0 aliphatic carbocycles. The van der Waals surface area contributed by atoms with Gasteiger partial charge in [-0.15, -0.1) is 0 Å². The van der Waals surface area contributed by atoms with Crippen LogP contribution in [0, 0.1) is 5.92 Å². The van der Waals surface area contributed by atoms with Crippen LogP contribution in [0.2, 0.25) is 0 Å². The number of aliphatic hydroxyl groups is 1. The summed E-state index contributed by atoms with van der Waals surface area (Å²) in [4.78, 5) is 0. The summed E-state index contributed by atoms with van der Waals surface area (Å²) in [5.41, 5.74) is 0. The van der Waals surface area contributed by atoms with Gasteiger partial charge in [0.15, 0.2) is 0 Å². The van der Waals surface area contributed by atoms with Crippen molar-refractivity contribution in [3.63, 3.8) is 0 Å². The Hall–Kier alpha value is -0.0400. The normalized spacial score (nSPS) is 12.6. The van der Waals surface area contributed by atoms with Crippen LogP contribution in [0.5, 0.6) is 0 Å². The molecule has 0 aromatic carbocycles. The zero-order chi connectivity index (χ0) is 25.7. The third-order valence-electron chi connectivity index (χ3n) is 7.96. The minimum atomic E-state index is -0.0344. The summed E-state index contributed by atoms with van der Waals surface area (Å²) in [5, 5.41) is 10.2. The lowest BCUT2D eigenvalue weighted by Crippen LogP contribution is -2.05. The molecule has 0 spiro atoms. The van der Waals surface area contributed by atoms with Gasteiger partial charge in [0.05, 0.1) is 6.10 Å². The smallest absolute Gasteiger partial charge is 0.0540 e. The molecule has 0 amide bonds. The zero-order valence-corrected chi connectivity index (χ0v) is 25.1. The topological polar surface area (TPSA) is 20.2 Å². The first kappa shape index (κ1) is 35.0. The highest BCUT2D eigenvalue weighted by Crippen LogP contribution is 2.17. The molecule has 0 aliphatic rings. The summed E-state index contributed by atoms with van der Waals surface area (Å²) in [5.74, 6) is 0.882. The number of hydrogen-bond donors (Lipinski definition) is 1. The maximum absolute atomic E-state index is 10.2. The monoisotopic (exact) mass is 495 g/mol. The molecule has 1 atom stereocenters. The van der Waals surface area contributed by atoms with Crippen molar-refractivity contribution in [3.05, 3.63) is 0 Å². The van der Waals surface area contributed by atoms with Gasteiger partial charge in [0, 0.05) is 0 Å². The van der Waals surface area contributed by atoms with Gasteiger partial charge in [0.2, 0.25) is 0 Å². The maximum Gasteiger partial charge on any atom is 0.0540 e. The Morgan fingerprint density at radius 2 is 0.571 bits per heavy atom. The van der Waals surface area contributed by atoms with Crippen molar-refractivity contribution >= 4 is 0 Å². The molecule has 0 saturated heterocycles. The van der Waals surface area contributed by atoms with Gasteiger partial charge < -0.3 is 5.11 Å². The average molecular weight is 495 g/mol. The lowest BCUT2D eigenvalue weighted by molar-refractivity contribution is 0.147. The molecule has 0 aromatic rings. The van der Waals surface area contributed by atoms with Gasteiger partial charge in [-0.1, -0.05) is 194 Å². The highest BCUT2D eigenvalue weighted by Gasteiger charge is 2.04. The van der Waals surface area contributed by atoms with E-state index in [1.807, 2.05) is 0 Å². The van der Waals surface area contributed by atoms with Crippen molar-refractivity contribution in [2.45, 2.75) is 213 Å². The molecule has 35 heavy (non-hydrogen) atoms. The Bertz CT molecular complexity index is 364. The van der Waals surface area contributed by atoms with E-state index in [0.29, 0.717) is 0 Å². The molecule has 1 heteroatoms. The minimum absolute atomic E-state index is 0.0344. The van der Waals surface area contributed by atoms with E-state index >= 15 is 0 Å². The van der Waals surface area contributed by atoms with Crippen LogP contribution in [0.1, 0.15) is 207 Å². The third kappa shape index (κ3) is 31.9. The first-order valence-corrected chi connectivity index (χ1v) is 16.8. The van der Waals surface area contributed by atoms with Crippen molar-refractivity contribution in [1.82, 2.24) is 0 Å². The second-order valence-electron chi connectivity index (χ2n) is 12.3. The molecular formula is C34H70O. The van der Waals surface area contributed by atoms with Crippen molar-refractivity contribution < 1.29 is 5.11 Å².